The third-order valence-corrected chi connectivity index (χ3v) is 4.06. The van der Waals surface area contributed by atoms with E-state index in [0.717, 1.165) is 12.1 Å². The van der Waals surface area contributed by atoms with Crippen LogP contribution in [0, 0.1) is 0 Å². The molecule has 9 heteroatoms. The molecule has 0 aliphatic heterocycles. The van der Waals surface area contributed by atoms with Crippen molar-refractivity contribution in [1.29, 1.82) is 0 Å². The number of carbonyl (C=O) groups is 2. The fourth-order valence-electron chi connectivity index (χ4n) is 2.75. The van der Waals surface area contributed by atoms with Crippen molar-refractivity contribution in [3.63, 3.8) is 0 Å². The molecule has 25 heavy (non-hydrogen) atoms. The number of amides is 1. The summed E-state index contributed by atoms with van der Waals surface area (Å²) in [5, 5.41) is 11.6. The highest BCUT2D eigenvalue weighted by atomic mass is 19.4. The SMILES string of the molecule is CCN(CC(=O)O)C1CC(NC(=O)c2ccc(OC(F)(F)F)cc2)C1. The first-order valence-corrected chi connectivity index (χ1v) is 7.80. The van der Waals surface area contributed by atoms with E-state index in [1.54, 1.807) is 0 Å². The maximum Gasteiger partial charge on any atom is 0.573 e. The molecule has 1 aliphatic carbocycles. The number of likely N-dealkylation sites (N-methyl/N-ethyl adjacent to an activating group) is 1. The van der Waals surface area contributed by atoms with Crippen molar-refractivity contribution in [2.75, 3.05) is 13.1 Å². The first-order chi connectivity index (χ1) is 11.7. The van der Waals surface area contributed by atoms with Crippen molar-refractivity contribution >= 4 is 11.9 Å². The predicted molar refractivity (Wildman–Crippen MR) is 82.3 cm³/mol. The van der Waals surface area contributed by atoms with Gasteiger partial charge in [0.25, 0.3) is 5.91 Å². The van der Waals surface area contributed by atoms with Gasteiger partial charge in [-0.15, -0.1) is 13.2 Å². The average Bonchev–Trinajstić information content (AvgIpc) is 2.47. The van der Waals surface area contributed by atoms with Gasteiger partial charge in [0.15, 0.2) is 0 Å². The highest BCUT2D eigenvalue weighted by Gasteiger charge is 2.35. The van der Waals surface area contributed by atoms with E-state index in [2.05, 4.69) is 10.1 Å². The van der Waals surface area contributed by atoms with E-state index in [0.29, 0.717) is 19.4 Å². The van der Waals surface area contributed by atoms with Gasteiger partial charge in [0.1, 0.15) is 5.75 Å². The molecule has 6 nitrogen and oxygen atoms in total. The summed E-state index contributed by atoms with van der Waals surface area (Å²) in [6.45, 7) is 2.44. The number of aliphatic carboxylic acids is 1. The second kappa shape index (κ2) is 7.73. The zero-order valence-corrected chi connectivity index (χ0v) is 13.5. The predicted octanol–water partition coefficient (Wildman–Crippen LogP) is 2.25. The number of carbonyl (C=O) groups excluding carboxylic acids is 1. The van der Waals surface area contributed by atoms with Crippen molar-refractivity contribution in [3.05, 3.63) is 29.8 Å². The van der Waals surface area contributed by atoms with Gasteiger partial charge in [-0.25, -0.2) is 0 Å². The lowest BCUT2D eigenvalue weighted by Gasteiger charge is -2.42. The first kappa shape index (κ1) is 19.0. The van der Waals surface area contributed by atoms with Crippen molar-refractivity contribution in [2.24, 2.45) is 0 Å². The third-order valence-electron chi connectivity index (χ3n) is 4.06. The molecule has 0 atom stereocenters. The van der Waals surface area contributed by atoms with E-state index >= 15 is 0 Å². The highest BCUT2D eigenvalue weighted by molar-refractivity contribution is 5.94. The van der Waals surface area contributed by atoms with Gasteiger partial charge in [-0.05, 0) is 43.7 Å². The summed E-state index contributed by atoms with van der Waals surface area (Å²) >= 11 is 0. The van der Waals surface area contributed by atoms with Crippen LogP contribution in [0.25, 0.3) is 0 Å². The second-order valence-electron chi connectivity index (χ2n) is 5.82. The lowest BCUT2D eigenvalue weighted by Crippen LogP contribution is -2.54. The number of hydrogen-bond acceptors (Lipinski definition) is 4. The van der Waals surface area contributed by atoms with Gasteiger partial charge in [0.2, 0.25) is 0 Å². The van der Waals surface area contributed by atoms with Crippen LogP contribution in [0.2, 0.25) is 0 Å². The number of nitrogens with one attached hydrogen (secondary N) is 1. The second-order valence-corrected chi connectivity index (χ2v) is 5.82. The number of ether oxygens (including phenoxy) is 1. The molecule has 0 aromatic heterocycles. The summed E-state index contributed by atoms with van der Waals surface area (Å²) < 4.78 is 40.0. The number of carboxylic acids is 1. The maximum atomic E-state index is 12.1. The molecule has 0 unspecified atom stereocenters. The van der Waals surface area contributed by atoms with Gasteiger partial charge in [-0.1, -0.05) is 6.92 Å². The zero-order chi connectivity index (χ0) is 18.6. The number of benzene rings is 1. The van der Waals surface area contributed by atoms with Crippen molar-refractivity contribution in [2.45, 2.75) is 38.2 Å². The lowest BCUT2D eigenvalue weighted by atomic mass is 9.85. The van der Waals surface area contributed by atoms with E-state index in [1.807, 2.05) is 11.8 Å². The smallest absolute Gasteiger partial charge is 0.480 e. The zero-order valence-electron chi connectivity index (χ0n) is 13.5. The summed E-state index contributed by atoms with van der Waals surface area (Å²) in [6.07, 6.45) is -3.49. The third kappa shape index (κ3) is 5.63. The molecular weight excluding hydrogens is 341 g/mol. The fraction of sp³-hybridized carbons (Fsp3) is 0.500. The average molecular weight is 360 g/mol. The molecule has 1 aromatic carbocycles. The Balaban J connectivity index is 1.82. The number of halogens is 3. The summed E-state index contributed by atoms with van der Waals surface area (Å²) in [4.78, 5) is 24.7. The quantitative estimate of drug-likeness (QED) is 0.780. The molecule has 0 spiro atoms. The van der Waals surface area contributed by atoms with Crippen molar-refractivity contribution < 1.29 is 32.6 Å². The molecule has 138 valence electrons. The Morgan fingerprint density at radius 3 is 2.36 bits per heavy atom. The molecule has 2 N–H and O–H groups in total. The number of nitrogens with zero attached hydrogens (tertiary/aromatic N) is 1. The Hall–Kier alpha value is -2.29. The monoisotopic (exact) mass is 360 g/mol. The van der Waals surface area contributed by atoms with Crippen LogP contribution in [-0.4, -0.2) is 53.4 Å². The minimum Gasteiger partial charge on any atom is -0.480 e. The number of alkyl halides is 3. The molecule has 0 radical (unpaired) electrons. The summed E-state index contributed by atoms with van der Waals surface area (Å²) in [7, 11) is 0. The van der Waals surface area contributed by atoms with Gasteiger partial charge in [0, 0.05) is 17.6 Å². The number of rotatable bonds is 7. The molecule has 0 heterocycles. The van der Waals surface area contributed by atoms with Crippen molar-refractivity contribution in [1.82, 2.24) is 10.2 Å². The topological polar surface area (TPSA) is 78.9 Å². The molecule has 1 aromatic rings. The fourth-order valence-corrected chi connectivity index (χ4v) is 2.75. The molecule has 1 saturated carbocycles. The van der Waals surface area contributed by atoms with Crippen LogP contribution in [0.15, 0.2) is 24.3 Å². The molecule has 2 rings (SSSR count). The molecule has 0 saturated heterocycles. The minimum atomic E-state index is -4.77. The normalized spacial score (nSPS) is 20.0. The minimum absolute atomic E-state index is 0.0392. The van der Waals surface area contributed by atoms with Crippen LogP contribution in [0.5, 0.6) is 5.75 Å². The van der Waals surface area contributed by atoms with Crippen LogP contribution in [0.4, 0.5) is 13.2 Å². The first-order valence-electron chi connectivity index (χ1n) is 7.80. The molecule has 0 bridgehead atoms. The van der Waals surface area contributed by atoms with E-state index < -0.39 is 12.3 Å². The summed E-state index contributed by atoms with van der Waals surface area (Å²) in [5.41, 5.74) is 0.232. The lowest BCUT2D eigenvalue weighted by molar-refractivity contribution is -0.274. The van der Waals surface area contributed by atoms with E-state index in [4.69, 9.17) is 5.11 Å². The van der Waals surface area contributed by atoms with Crippen LogP contribution < -0.4 is 10.1 Å². The van der Waals surface area contributed by atoms with Crippen LogP contribution in [0.1, 0.15) is 30.1 Å². The Morgan fingerprint density at radius 1 is 1.28 bits per heavy atom. The Labute approximate surface area is 142 Å². The summed E-state index contributed by atoms with van der Waals surface area (Å²) in [5.74, 6) is -1.67. The molecule has 1 amide bonds. The van der Waals surface area contributed by atoms with Crippen LogP contribution in [-0.2, 0) is 4.79 Å². The number of carboxylic acid groups (broad SMARTS) is 1. The van der Waals surface area contributed by atoms with Gasteiger partial charge < -0.3 is 15.2 Å². The standard InChI is InChI=1S/C16H19F3N2O4/c1-2-21(9-14(22)23)12-7-11(8-12)20-15(24)10-3-5-13(6-4-10)25-16(17,18)19/h3-6,11-12H,2,7-9H2,1H3,(H,20,24)(H,22,23). The van der Waals surface area contributed by atoms with Gasteiger partial charge in [0.05, 0.1) is 6.54 Å². The van der Waals surface area contributed by atoms with Crippen LogP contribution >= 0.6 is 0 Å². The highest BCUT2D eigenvalue weighted by Crippen LogP contribution is 2.26. The molecule has 1 aliphatic rings. The Morgan fingerprint density at radius 2 is 1.88 bits per heavy atom. The van der Waals surface area contributed by atoms with Crippen molar-refractivity contribution in [3.8, 4) is 5.75 Å². The van der Waals surface area contributed by atoms with Gasteiger partial charge in [-0.3, -0.25) is 14.5 Å². The number of hydrogen-bond donors (Lipinski definition) is 2. The summed E-state index contributed by atoms with van der Waals surface area (Å²) in [6, 6.07) is 4.71. The van der Waals surface area contributed by atoms with Gasteiger partial charge >= 0.3 is 12.3 Å². The largest absolute Gasteiger partial charge is 0.573 e. The Bertz CT molecular complexity index is 613. The Kier molecular flexibility index (Phi) is 5.89. The van der Waals surface area contributed by atoms with Gasteiger partial charge in [-0.2, -0.15) is 0 Å². The van der Waals surface area contributed by atoms with E-state index in [1.165, 1.54) is 12.1 Å². The van der Waals surface area contributed by atoms with E-state index in [-0.39, 0.29) is 35.8 Å². The maximum absolute atomic E-state index is 12.1. The molecule has 1 fully saturated rings. The van der Waals surface area contributed by atoms with Crippen LogP contribution in [0.3, 0.4) is 0 Å². The van der Waals surface area contributed by atoms with E-state index in [9.17, 15) is 22.8 Å². The molecular formula is C16H19F3N2O4.